The Bertz CT molecular complexity index is 68.8. The first-order valence-electron chi connectivity index (χ1n) is 3.35. The van der Waals surface area contributed by atoms with Gasteiger partial charge in [-0.2, -0.15) is 0 Å². The van der Waals surface area contributed by atoms with Crippen molar-refractivity contribution >= 4 is 11.9 Å². The summed E-state index contributed by atoms with van der Waals surface area (Å²) >= 11 is 1.60. The van der Waals surface area contributed by atoms with Crippen molar-refractivity contribution in [1.29, 1.82) is 0 Å². The van der Waals surface area contributed by atoms with Crippen molar-refractivity contribution in [2.75, 3.05) is 33.5 Å². The van der Waals surface area contributed by atoms with E-state index in [0.29, 0.717) is 0 Å². The fraction of sp³-hybridized carbons (Fsp3) is 1.00. The van der Waals surface area contributed by atoms with E-state index in [9.17, 15) is 0 Å². The van der Waals surface area contributed by atoms with Gasteiger partial charge in [0, 0.05) is 6.54 Å². The van der Waals surface area contributed by atoms with Gasteiger partial charge in [-0.05, 0) is 26.3 Å². The fourth-order valence-electron chi connectivity index (χ4n) is 0.642. The van der Waals surface area contributed by atoms with Gasteiger partial charge in [0.1, 0.15) is 0 Å². The van der Waals surface area contributed by atoms with Crippen molar-refractivity contribution in [3.05, 3.63) is 0 Å². The lowest BCUT2D eigenvalue weighted by Crippen LogP contribution is -2.19. The first kappa shape index (κ1) is 10.2. The summed E-state index contributed by atoms with van der Waals surface area (Å²) < 4.78 is 1.86. The summed E-state index contributed by atoms with van der Waals surface area (Å²) in [5.41, 5.74) is 0. The normalized spacial score (nSPS) is 10.8. The van der Waals surface area contributed by atoms with E-state index in [-0.39, 0.29) is 0 Å². The summed E-state index contributed by atoms with van der Waals surface area (Å²) in [5.74, 6) is 0. The van der Waals surface area contributed by atoms with Crippen LogP contribution in [0.15, 0.2) is 0 Å². The van der Waals surface area contributed by atoms with Gasteiger partial charge in [-0.15, -0.1) is 4.47 Å². The van der Waals surface area contributed by atoms with Crippen LogP contribution >= 0.6 is 11.9 Å². The zero-order chi connectivity index (χ0) is 7.82. The minimum absolute atomic E-state index is 0.971. The van der Waals surface area contributed by atoms with Crippen LogP contribution in [0.4, 0.5) is 0 Å². The second kappa shape index (κ2) is 7.34. The third-order valence-electron chi connectivity index (χ3n) is 1.17. The summed E-state index contributed by atoms with van der Waals surface area (Å²) in [7, 11) is 3.64. The molecular weight excluding hydrogens is 148 g/mol. The third-order valence-corrected chi connectivity index (χ3v) is 1.91. The van der Waals surface area contributed by atoms with Crippen LogP contribution in [-0.2, 0) is 4.84 Å². The standard InChI is InChI=1S/C6H16N2OS/c1-7-5-4-6-8(9-2)10-3/h7H,4-6H2,1-3H3. The van der Waals surface area contributed by atoms with Crippen LogP contribution in [0.2, 0.25) is 0 Å². The zero-order valence-electron chi connectivity index (χ0n) is 6.89. The molecule has 0 atom stereocenters. The van der Waals surface area contributed by atoms with Gasteiger partial charge in [0.2, 0.25) is 0 Å². The molecule has 0 aromatic carbocycles. The largest absolute Gasteiger partial charge is 0.320 e. The average molecular weight is 164 g/mol. The average Bonchev–Trinajstić information content (AvgIpc) is 1.99. The SMILES string of the molecule is CNCCCN(OC)SC. The number of hydroxylamine groups is 1. The van der Waals surface area contributed by atoms with Gasteiger partial charge in [-0.1, -0.05) is 11.9 Å². The second-order valence-corrected chi connectivity index (χ2v) is 2.65. The highest BCUT2D eigenvalue weighted by Crippen LogP contribution is 2.03. The first-order valence-corrected chi connectivity index (χ1v) is 4.53. The van der Waals surface area contributed by atoms with E-state index in [0.717, 1.165) is 19.5 Å². The number of rotatable bonds is 6. The van der Waals surface area contributed by atoms with E-state index >= 15 is 0 Å². The Morgan fingerprint density at radius 2 is 2.30 bits per heavy atom. The third kappa shape index (κ3) is 5.05. The summed E-state index contributed by atoms with van der Waals surface area (Å²) in [6.07, 6.45) is 3.12. The Labute approximate surface area is 67.2 Å². The van der Waals surface area contributed by atoms with Crippen LogP contribution in [0.3, 0.4) is 0 Å². The van der Waals surface area contributed by atoms with E-state index < -0.39 is 0 Å². The molecule has 0 amide bonds. The Morgan fingerprint density at radius 3 is 2.70 bits per heavy atom. The molecule has 0 aromatic heterocycles. The maximum atomic E-state index is 5.01. The van der Waals surface area contributed by atoms with E-state index in [2.05, 4.69) is 5.32 Å². The van der Waals surface area contributed by atoms with Crippen molar-refractivity contribution in [2.24, 2.45) is 0 Å². The van der Waals surface area contributed by atoms with Crippen molar-refractivity contribution in [3.8, 4) is 0 Å². The zero-order valence-corrected chi connectivity index (χ0v) is 7.70. The Balaban J connectivity index is 3.09. The van der Waals surface area contributed by atoms with Crippen molar-refractivity contribution in [3.63, 3.8) is 0 Å². The summed E-state index contributed by atoms with van der Waals surface area (Å²) in [6.45, 7) is 2.01. The highest BCUT2D eigenvalue weighted by Gasteiger charge is 1.97. The molecule has 0 heterocycles. The molecule has 0 spiro atoms. The molecule has 0 aromatic rings. The van der Waals surface area contributed by atoms with Gasteiger partial charge >= 0.3 is 0 Å². The molecule has 1 N–H and O–H groups in total. The van der Waals surface area contributed by atoms with Crippen LogP contribution < -0.4 is 5.32 Å². The molecule has 0 aliphatic rings. The van der Waals surface area contributed by atoms with E-state index in [1.54, 1.807) is 19.1 Å². The molecule has 3 nitrogen and oxygen atoms in total. The Hall–Kier alpha value is 0.230. The van der Waals surface area contributed by atoms with Crippen LogP contribution in [0.25, 0.3) is 0 Å². The lowest BCUT2D eigenvalue weighted by atomic mass is 10.4. The smallest absolute Gasteiger partial charge is 0.0586 e. The summed E-state index contributed by atoms with van der Waals surface area (Å²) in [5, 5.41) is 3.08. The number of hydrogen-bond acceptors (Lipinski definition) is 4. The van der Waals surface area contributed by atoms with Gasteiger partial charge < -0.3 is 5.32 Å². The van der Waals surface area contributed by atoms with Gasteiger partial charge in [0.15, 0.2) is 0 Å². The van der Waals surface area contributed by atoms with Crippen LogP contribution in [0.5, 0.6) is 0 Å². The quantitative estimate of drug-likeness (QED) is 0.355. The molecule has 4 heteroatoms. The highest BCUT2D eigenvalue weighted by atomic mass is 32.2. The Kier molecular flexibility index (Phi) is 7.51. The van der Waals surface area contributed by atoms with Crippen LogP contribution in [0, 0.1) is 0 Å². The lowest BCUT2D eigenvalue weighted by Gasteiger charge is -2.14. The van der Waals surface area contributed by atoms with Crippen LogP contribution in [-0.4, -0.2) is 38.0 Å². The number of nitrogens with one attached hydrogen (secondary N) is 1. The maximum Gasteiger partial charge on any atom is 0.0586 e. The molecule has 0 unspecified atom stereocenters. The van der Waals surface area contributed by atoms with Gasteiger partial charge in [-0.25, -0.2) is 0 Å². The highest BCUT2D eigenvalue weighted by molar-refractivity contribution is 7.96. The Morgan fingerprint density at radius 1 is 1.60 bits per heavy atom. The van der Waals surface area contributed by atoms with E-state index in [1.807, 2.05) is 17.8 Å². The summed E-state index contributed by atoms with van der Waals surface area (Å²) in [4.78, 5) is 5.01. The molecule has 0 rings (SSSR count). The molecule has 0 saturated heterocycles. The molecule has 0 aliphatic carbocycles. The predicted octanol–water partition coefficient (Wildman–Crippen LogP) is 0.737. The van der Waals surface area contributed by atoms with Crippen molar-refractivity contribution in [1.82, 2.24) is 9.79 Å². The van der Waals surface area contributed by atoms with Gasteiger partial charge in [0.25, 0.3) is 0 Å². The molecule has 0 fully saturated rings. The minimum atomic E-state index is 0.971. The topological polar surface area (TPSA) is 24.5 Å². The van der Waals surface area contributed by atoms with Crippen LogP contribution in [0.1, 0.15) is 6.42 Å². The van der Waals surface area contributed by atoms with E-state index in [4.69, 9.17) is 4.84 Å². The molecule has 62 valence electrons. The van der Waals surface area contributed by atoms with Crippen molar-refractivity contribution in [2.45, 2.75) is 6.42 Å². The van der Waals surface area contributed by atoms with Gasteiger partial charge in [-0.3, -0.25) is 4.84 Å². The minimum Gasteiger partial charge on any atom is -0.320 e. The molecule has 0 radical (unpaired) electrons. The molecule has 10 heavy (non-hydrogen) atoms. The van der Waals surface area contributed by atoms with Crippen molar-refractivity contribution < 1.29 is 4.84 Å². The molecule has 0 saturated carbocycles. The number of hydrogen-bond donors (Lipinski definition) is 1. The fourth-order valence-corrected chi connectivity index (χ4v) is 1.10. The van der Waals surface area contributed by atoms with E-state index in [1.165, 1.54) is 0 Å². The maximum absolute atomic E-state index is 5.01. The van der Waals surface area contributed by atoms with Gasteiger partial charge in [0.05, 0.1) is 7.11 Å². The number of nitrogens with zero attached hydrogens (tertiary/aromatic N) is 1. The second-order valence-electron chi connectivity index (χ2n) is 1.88. The lowest BCUT2D eigenvalue weighted by molar-refractivity contribution is -0.0375. The first-order chi connectivity index (χ1) is 4.85. The monoisotopic (exact) mass is 164 g/mol. The molecule has 0 bridgehead atoms. The molecule has 0 aliphatic heterocycles. The summed E-state index contributed by atoms with van der Waals surface area (Å²) in [6, 6.07) is 0. The predicted molar refractivity (Wildman–Crippen MR) is 45.8 cm³/mol. The molecular formula is C6H16N2OS.